The maximum Gasteiger partial charge on any atom is 0.257 e. The van der Waals surface area contributed by atoms with Crippen LogP contribution in [0.5, 0.6) is 5.88 Å². The van der Waals surface area contributed by atoms with E-state index >= 15 is 0 Å². The van der Waals surface area contributed by atoms with Crippen LogP contribution in [-0.2, 0) is 0 Å². The molecule has 0 fully saturated rings. The van der Waals surface area contributed by atoms with Gasteiger partial charge in [-0.2, -0.15) is 0 Å². The third kappa shape index (κ3) is 3.90. The molecular formula is C18H19N3O2S. The van der Waals surface area contributed by atoms with E-state index < -0.39 is 0 Å². The van der Waals surface area contributed by atoms with E-state index in [1.807, 2.05) is 48.6 Å². The Bertz CT molecular complexity index is 845. The molecule has 0 saturated heterocycles. The Hall–Kier alpha value is -2.44. The minimum atomic E-state index is -0.127. The first-order chi connectivity index (χ1) is 11.6. The molecule has 0 unspecified atom stereocenters. The molecule has 0 aliphatic heterocycles. The standard InChI is InChI=1S/C18H19N3O2S/c1-21(2)9-10-23-17-11-13(7-8-19-17)20-18(22)15-12-24-16-6-4-3-5-14(15)16/h3-8,11-12H,9-10H2,1-2H3,(H,19,20,22). The van der Waals surface area contributed by atoms with E-state index in [9.17, 15) is 4.79 Å². The zero-order valence-corrected chi connectivity index (χ0v) is 14.5. The summed E-state index contributed by atoms with van der Waals surface area (Å²) in [5.41, 5.74) is 1.35. The smallest absolute Gasteiger partial charge is 0.257 e. The zero-order valence-electron chi connectivity index (χ0n) is 13.7. The van der Waals surface area contributed by atoms with Crippen molar-refractivity contribution in [3.05, 3.63) is 53.5 Å². The Labute approximate surface area is 144 Å². The highest BCUT2D eigenvalue weighted by molar-refractivity contribution is 7.17. The first-order valence-electron chi connectivity index (χ1n) is 7.64. The van der Waals surface area contributed by atoms with Gasteiger partial charge in [0.15, 0.2) is 0 Å². The van der Waals surface area contributed by atoms with Crippen molar-refractivity contribution in [1.29, 1.82) is 0 Å². The van der Waals surface area contributed by atoms with Crippen LogP contribution in [0.3, 0.4) is 0 Å². The molecule has 0 bridgehead atoms. The Morgan fingerprint density at radius 2 is 2.12 bits per heavy atom. The molecule has 2 aromatic heterocycles. The number of hydrogen-bond donors (Lipinski definition) is 1. The lowest BCUT2D eigenvalue weighted by atomic mass is 10.1. The van der Waals surface area contributed by atoms with Crippen LogP contribution in [0.25, 0.3) is 10.1 Å². The number of nitrogens with zero attached hydrogens (tertiary/aromatic N) is 2. The number of benzene rings is 1. The molecule has 1 amide bonds. The summed E-state index contributed by atoms with van der Waals surface area (Å²) in [6.07, 6.45) is 1.63. The zero-order chi connectivity index (χ0) is 16.9. The third-order valence-corrected chi connectivity index (χ3v) is 4.47. The summed E-state index contributed by atoms with van der Waals surface area (Å²) in [5.74, 6) is 0.378. The predicted octanol–water partition coefficient (Wildman–Crippen LogP) is 3.49. The van der Waals surface area contributed by atoms with Gasteiger partial charge in [-0.1, -0.05) is 18.2 Å². The van der Waals surface area contributed by atoms with Crippen LogP contribution in [0.4, 0.5) is 5.69 Å². The van der Waals surface area contributed by atoms with Crippen molar-refractivity contribution in [1.82, 2.24) is 9.88 Å². The predicted molar refractivity (Wildman–Crippen MR) is 98.1 cm³/mol. The highest BCUT2D eigenvalue weighted by atomic mass is 32.1. The van der Waals surface area contributed by atoms with Gasteiger partial charge in [-0.25, -0.2) is 4.98 Å². The first-order valence-corrected chi connectivity index (χ1v) is 8.52. The maximum atomic E-state index is 12.5. The normalized spacial score (nSPS) is 11.0. The van der Waals surface area contributed by atoms with E-state index in [1.165, 1.54) is 0 Å². The Morgan fingerprint density at radius 1 is 1.29 bits per heavy atom. The number of carbonyl (C=O) groups is 1. The van der Waals surface area contributed by atoms with Crippen LogP contribution < -0.4 is 10.1 Å². The summed E-state index contributed by atoms with van der Waals surface area (Å²) in [7, 11) is 3.97. The number of nitrogens with one attached hydrogen (secondary N) is 1. The number of amides is 1. The topological polar surface area (TPSA) is 54.5 Å². The number of carbonyl (C=O) groups excluding carboxylic acids is 1. The average molecular weight is 341 g/mol. The molecule has 1 N–H and O–H groups in total. The minimum Gasteiger partial charge on any atom is -0.476 e. The van der Waals surface area contributed by atoms with Gasteiger partial charge in [-0.05, 0) is 26.2 Å². The number of rotatable bonds is 6. The number of likely N-dealkylation sites (N-methyl/N-ethyl adjacent to an activating group) is 1. The molecule has 0 aliphatic carbocycles. The van der Waals surface area contributed by atoms with Crippen molar-refractivity contribution in [2.45, 2.75) is 0 Å². The lowest BCUT2D eigenvalue weighted by molar-refractivity contribution is 0.102. The van der Waals surface area contributed by atoms with Crippen LogP contribution in [0.2, 0.25) is 0 Å². The molecule has 3 rings (SSSR count). The highest BCUT2D eigenvalue weighted by Crippen LogP contribution is 2.26. The number of fused-ring (bicyclic) bond motifs is 1. The molecule has 0 saturated carbocycles. The van der Waals surface area contributed by atoms with Gasteiger partial charge in [0.2, 0.25) is 5.88 Å². The maximum absolute atomic E-state index is 12.5. The molecule has 3 aromatic rings. The quantitative estimate of drug-likeness (QED) is 0.746. The molecule has 0 spiro atoms. The largest absolute Gasteiger partial charge is 0.476 e. The SMILES string of the molecule is CN(C)CCOc1cc(NC(=O)c2csc3ccccc23)ccn1. The van der Waals surface area contributed by atoms with Crippen LogP contribution in [0, 0.1) is 0 Å². The van der Waals surface area contributed by atoms with Crippen LogP contribution in [0.15, 0.2) is 48.0 Å². The fourth-order valence-corrected chi connectivity index (χ4v) is 3.19. The van der Waals surface area contributed by atoms with Crippen molar-refractivity contribution < 1.29 is 9.53 Å². The average Bonchev–Trinajstić information content (AvgIpc) is 2.99. The summed E-state index contributed by atoms with van der Waals surface area (Å²) in [4.78, 5) is 18.7. The number of aromatic nitrogens is 1. The van der Waals surface area contributed by atoms with Gasteiger partial charge in [0.1, 0.15) is 6.61 Å². The molecule has 0 atom stereocenters. The molecule has 0 radical (unpaired) electrons. The number of pyridine rings is 1. The van der Waals surface area contributed by atoms with Gasteiger partial charge in [0.05, 0.1) is 5.56 Å². The molecular weight excluding hydrogens is 322 g/mol. The molecule has 24 heavy (non-hydrogen) atoms. The van der Waals surface area contributed by atoms with Gasteiger partial charge in [-0.3, -0.25) is 4.79 Å². The van der Waals surface area contributed by atoms with E-state index in [0.717, 1.165) is 16.6 Å². The van der Waals surface area contributed by atoms with Crippen molar-refractivity contribution in [2.75, 3.05) is 32.6 Å². The van der Waals surface area contributed by atoms with E-state index in [4.69, 9.17) is 4.74 Å². The number of thiophene rings is 1. The van der Waals surface area contributed by atoms with E-state index in [1.54, 1.807) is 29.7 Å². The van der Waals surface area contributed by atoms with E-state index in [0.29, 0.717) is 23.7 Å². The summed E-state index contributed by atoms with van der Waals surface area (Å²) in [5, 5.41) is 5.77. The number of hydrogen-bond acceptors (Lipinski definition) is 5. The monoisotopic (exact) mass is 341 g/mol. The highest BCUT2D eigenvalue weighted by Gasteiger charge is 2.12. The first kappa shape index (κ1) is 16.4. The van der Waals surface area contributed by atoms with Crippen molar-refractivity contribution in [3.63, 3.8) is 0 Å². The Kier molecular flexibility index (Phi) is 5.08. The number of anilines is 1. The van der Waals surface area contributed by atoms with Gasteiger partial charge in [0.25, 0.3) is 5.91 Å². The summed E-state index contributed by atoms with van der Waals surface area (Å²) in [6.45, 7) is 1.35. The Balaban J connectivity index is 1.70. The van der Waals surface area contributed by atoms with Crippen LogP contribution in [0.1, 0.15) is 10.4 Å². The molecule has 5 nitrogen and oxygen atoms in total. The summed E-state index contributed by atoms with van der Waals surface area (Å²) < 4.78 is 6.70. The third-order valence-electron chi connectivity index (χ3n) is 3.51. The van der Waals surface area contributed by atoms with E-state index in [2.05, 4.69) is 10.3 Å². The second-order valence-electron chi connectivity index (χ2n) is 5.63. The second-order valence-corrected chi connectivity index (χ2v) is 6.55. The second kappa shape index (κ2) is 7.42. The van der Waals surface area contributed by atoms with Gasteiger partial charge in [-0.15, -0.1) is 11.3 Å². The Morgan fingerprint density at radius 3 is 2.96 bits per heavy atom. The lowest BCUT2D eigenvalue weighted by Gasteiger charge is -2.11. The molecule has 6 heteroatoms. The lowest BCUT2D eigenvalue weighted by Crippen LogP contribution is -2.19. The van der Waals surface area contributed by atoms with E-state index in [-0.39, 0.29) is 5.91 Å². The van der Waals surface area contributed by atoms with Crippen molar-refractivity contribution >= 4 is 33.0 Å². The fraction of sp³-hybridized carbons (Fsp3) is 0.222. The van der Waals surface area contributed by atoms with Crippen LogP contribution in [-0.4, -0.2) is 43.0 Å². The minimum absolute atomic E-state index is 0.127. The molecule has 2 heterocycles. The summed E-state index contributed by atoms with van der Waals surface area (Å²) >= 11 is 1.57. The van der Waals surface area contributed by atoms with Gasteiger partial charge < -0.3 is 15.0 Å². The molecule has 0 aliphatic rings. The van der Waals surface area contributed by atoms with Crippen molar-refractivity contribution in [2.24, 2.45) is 0 Å². The van der Waals surface area contributed by atoms with Crippen LogP contribution >= 0.6 is 11.3 Å². The van der Waals surface area contributed by atoms with Crippen molar-refractivity contribution in [3.8, 4) is 5.88 Å². The number of ether oxygens (including phenoxy) is 1. The van der Waals surface area contributed by atoms with Gasteiger partial charge >= 0.3 is 0 Å². The summed E-state index contributed by atoms with van der Waals surface area (Å²) in [6, 6.07) is 11.4. The molecule has 124 valence electrons. The molecule has 1 aromatic carbocycles. The fourth-order valence-electron chi connectivity index (χ4n) is 2.25. The van der Waals surface area contributed by atoms with Gasteiger partial charge in [0, 0.05) is 40.0 Å².